The molecule has 3 nitrogen and oxygen atoms in total. The average molecular weight is 200 g/mol. The number of hydrogen-bond acceptors (Lipinski definition) is 4. The maximum atomic E-state index is 11.1. The highest BCUT2D eigenvalue weighted by Crippen LogP contribution is 2.31. The predicted octanol–water partition coefficient (Wildman–Crippen LogP) is 1.06. The highest BCUT2D eigenvalue weighted by Gasteiger charge is 2.35. The zero-order chi connectivity index (χ0) is 10.0. The van der Waals surface area contributed by atoms with Crippen LogP contribution < -0.4 is 0 Å². The Morgan fingerprint density at radius 2 is 1.92 bits per heavy atom. The summed E-state index contributed by atoms with van der Waals surface area (Å²) in [6, 6.07) is 0. The second-order valence-corrected chi connectivity index (χ2v) is 4.42. The van der Waals surface area contributed by atoms with E-state index in [0.717, 1.165) is 0 Å². The van der Waals surface area contributed by atoms with Crippen LogP contribution in [0.25, 0.3) is 0 Å². The molecule has 0 radical (unpaired) electrons. The van der Waals surface area contributed by atoms with Crippen LogP contribution in [-0.4, -0.2) is 22.4 Å². The Labute approximate surface area is 81.3 Å². The van der Waals surface area contributed by atoms with Crippen molar-refractivity contribution in [1.82, 2.24) is 0 Å². The van der Waals surface area contributed by atoms with Crippen LogP contribution in [0.2, 0.25) is 0 Å². The van der Waals surface area contributed by atoms with E-state index in [1.165, 1.54) is 25.6 Å². The molecular formula is C9H12O3S. The van der Waals surface area contributed by atoms with Gasteiger partial charge in [0.25, 0.3) is 0 Å². The van der Waals surface area contributed by atoms with Gasteiger partial charge in [0.05, 0.1) is 5.92 Å². The lowest BCUT2D eigenvalue weighted by Crippen LogP contribution is -2.28. The molecule has 13 heavy (non-hydrogen) atoms. The number of ketones is 2. The van der Waals surface area contributed by atoms with E-state index in [4.69, 9.17) is 0 Å². The first-order valence-electron chi connectivity index (χ1n) is 4.19. The van der Waals surface area contributed by atoms with Gasteiger partial charge >= 0.3 is 0 Å². The summed E-state index contributed by atoms with van der Waals surface area (Å²) in [4.78, 5) is 33.2. The molecule has 1 saturated heterocycles. The minimum absolute atomic E-state index is 0.0625. The van der Waals surface area contributed by atoms with E-state index >= 15 is 0 Å². The van der Waals surface area contributed by atoms with Gasteiger partial charge in [-0.1, -0.05) is 11.8 Å². The van der Waals surface area contributed by atoms with E-state index in [1.807, 2.05) is 0 Å². The van der Waals surface area contributed by atoms with E-state index in [1.54, 1.807) is 0 Å². The Hall–Kier alpha value is -0.640. The normalized spacial score (nSPS) is 22.4. The molecule has 72 valence electrons. The molecule has 1 aliphatic rings. The van der Waals surface area contributed by atoms with Crippen LogP contribution in [0.4, 0.5) is 0 Å². The van der Waals surface area contributed by atoms with Crippen LogP contribution in [0.5, 0.6) is 0 Å². The molecule has 1 heterocycles. The van der Waals surface area contributed by atoms with Crippen molar-refractivity contribution in [2.45, 2.75) is 20.3 Å². The summed E-state index contributed by atoms with van der Waals surface area (Å²) in [6.45, 7) is 2.83. The average Bonchev–Trinajstić information content (AvgIpc) is 2.34. The van der Waals surface area contributed by atoms with Crippen molar-refractivity contribution in [3.63, 3.8) is 0 Å². The van der Waals surface area contributed by atoms with Gasteiger partial charge in [0, 0.05) is 12.2 Å². The Bertz CT molecular complexity index is 246. The Morgan fingerprint density at radius 3 is 2.23 bits per heavy atom. The molecule has 0 aliphatic carbocycles. The molecule has 0 spiro atoms. The summed E-state index contributed by atoms with van der Waals surface area (Å²) in [7, 11) is 0. The van der Waals surface area contributed by atoms with E-state index < -0.39 is 5.92 Å². The van der Waals surface area contributed by atoms with Gasteiger partial charge in [-0.2, -0.15) is 0 Å². The summed E-state index contributed by atoms with van der Waals surface area (Å²) < 4.78 is 0. The first-order valence-corrected chi connectivity index (χ1v) is 5.17. The van der Waals surface area contributed by atoms with Crippen molar-refractivity contribution in [1.29, 1.82) is 0 Å². The van der Waals surface area contributed by atoms with Crippen molar-refractivity contribution in [3.8, 4) is 0 Å². The van der Waals surface area contributed by atoms with E-state index in [-0.39, 0.29) is 22.6 Å². The number of hydrogen-bond donors (Lipinski definition) is 0. The zero-order valence-electron chi connectivity index (χ0n) is 7.70. The first kappa shape index (κ1) is 10.4. The molecule has 0 aromatic rings. The smallest absolute Gasteiger partial charge is 0.189 e. The van der Waals surface area contributed by atoms with Crippen LogP contribution in [0, 0.1) is 11.8 Å². The molecule has 0 aromatic heterocycles. The van der Waals surface area contributed by atoms with Crippen LogP contribution in [0.1, 0.15) is 20.3 Å². The summed E-state index contributed by atoms with van der Waals surface area (Å²) in [6.07, 6.45) is 0.370. The third-order valence-corrected chi connectivity index (χ3v) is 3.32. The van der Waals surface area contributed by atoms with Gasteiger partial charge in [-0.25, -0.2) is 0 Å². The van der Waals surface area contributed by atoms with E-state index in [0.29, 0.717) is 12.2 Å². The van der Waals surface area contributed by atoms with Gasteiger partial charge < -0.3 is 0 Å². The summed E-state index contributed by atoms with van der Waals surface area (Å²) in [5.74, 6) is -0.241. The maximum Gasteiger partial charge on any atom is 0.189 e. The summed E-state index contributed by atoms with van der Waals surface area (Å²) in [5, 5.41) is 0.0949. The second-order valence-electron chi connectivity index (χ2n) is 3.35. The molecule has 0 bridgehead atoms. The minimum Gasteiger partial charge on any atom is -0.299 e. The highest BCUT2D eigenvalue weighted by atomic mass is 32.2. The molecule has 0 saturated carbocycles. The molecule has 4 heteroatoms. The van der Waals surface area contributed by atoms with Gasteiger partial charge in [-0.15, -0.1) is 0 Å². The molecule has 1 unspecified atom stereocenters. The fourth-order valence-electron chi connectivity index (χ4n) is 1.70. The number of carbonyl (C=O) groups excluding carboxylic acids is 3. The summed E-state index contributed by atoms with van der Waals surface area (Å²) >= 11 is 1.23. The molecule has 1 atom stereocenters. The zero-order valence-corrected chi connectivity index (χ0v) is 8.52. The molecule has 0 amide bonds. The third-order valence-electron chi connectivity index (χ3n) is 2.23. The molecule has 1 rings (SSSR count). The molecule has 0 aromatic carbocycles. The number of rotatable bonds is 3. The SMILES string of the molecule is CC(=O)C(C(C)=O)C1CSC(=O)C1. The van der Waals surface area contributed by atoms with Gasteiger partial charge in [-0.05, 0) is 19.8 Å². The lowest BCUT2D eigenvalue weighted by molar-refractivity contribution is -0.132. The molecule has 1 fully saturated rings. The predicted molar refractivity (Wildman–Crippen MR) is 50.4 cm³/mol. The van der Waals surface area contributed by atoms with Crippen molar-refractivity contribution in [2.24, 2.45) is 11.8 Å². The Morgan fingerprint density at radius 1 is 1.38 bits per heavy atom. The monoisotopic (exact) mass is 200 g/mol. The number of thioether (sulfide) groups is 1. The van der Waals surface area contributed by atoms with Gasteiger partial charge in [0.1, 0.15) is 11.6 Å². The molecular weight excluding hydrogens is 188 g/mol. The van der Waals surface area contributed by atoms with Gasteiger partial charge in [-0.3, -0.25) is 14.4 Å². The van der Waals surface area contributed by atoms with E-state index in [2.05, 4.69) is 0 Å². The second kappa shape index (κ2) is 4.05. The maximum absolute atomic E-state index is 11.1. The first-order chi connectivity index (χ1) is 6.02. The lowest BCUT2D eigenvalue weighted by Gasteiger charge is -2.15. The quantitative estimate of drug-likeness (QED) is 0.639. The fraction of sp³-hybridized carbons (Fsp3) is 0.667. The number of Topliss-reactive ketones (excluding diaryl/α,β-unsaturated/α-hetero) is 2. The third kappa shape index (κ3) is 2.40. The highest BCUT2D eigenvalue weighted by molar-refractivity contribution is 8.14. The van der Waals surface area contributed by atoms with Crippen molar-refractivity contribution >= 4 is 28.4 Å². The molecule has 1 aliphatic heterocycles. The van der Waals surface area contributed by atoms with Gasteiger partial charge in [0.2, 0.25) is 0 Å². The number of carbonyl (C=O) groups is 3. The molecule has 0 N–H and O–H groups in total. The van der Waals surface area contributed by atoms with Gasteiger partial charge in [0.15, 0.2) is 5.12 Å². The standard InChI is InChI=1S/C9H12O3S/c1-5(10)9(6(2)11)7-3-8(12)13-4-7/h7,9H,3-4H2,1-2H3. The van der Waals surface area contributed by atoms with Crippen LogP contribution >= 0.6 is 11.8 Å². The van der Waals surface area contributed by atoms with E-state index in [9.17, 15) is 14.4 Å². The van der Waals surface area contributed by atoms with Crippen molar-refractivity contribution in [2.75, 3.05) is 5.75 Å². The largest absolute Gasteiger partial charge is 0.299 e. The van der Waals surface area contributed by atoms with Crippen LogP contribution in [0.15, 0.2) is 0 Å². The summed E-state index contributed by atoms with van der Waals surface area (Å²) in [5.41, 5.74) is 0. The van der Waals surface area contributed by atoms with Crippen molar-refractivity contribution < 1.29 is 14.4 Å². The van der Waals surface area contributed by atoms with Crippen LogP contribution in [-0.2, 0) is 14.4 Å². The Kier molecular flexibility index (Phi) is 3.25. The minimum atomic E-state index is -0.557. The fourth-order valence-corrected chi connectivity index (χ4v) is 2.74. The van der Waals surface area contributed by atoms with Crippen molar-refractivity contribution in [3.05, 3.63) is 0 Å². The Balaban J connectivity index is 2.71. The topological polar surface area (TPSA) is 51.2 Å². The lowest BCUT2D eigenvalue weighted by atomic mass is 9.86. The van der Waals surface area contributed by atoms with Crippen LogP contribution in [0.3, 0.4) is 0 Å².